The fourth-order valence-corrected chi connectivity index (χ4v) is 6.17. The summed E-state index contributed by atoms with van der Waals surface area (Å²) in [5.74, 6) is 0. The van der Waals surface area contributed by atoms with Gasteiger partial charge in [0.15, 0.2) is 9.84 Å². The van der Waals surface area contributed by atoms with Crippen LogP contribution in [0.4, 0.5) is 10.5 Å². The predicted octanol–water partition coefficient (Wildman–Crippen LogP) is 2.71. The Morgan fingerprint density at radius 1 is 0.935 bits per heavy atom. The molecule has 10 heteroatoms. The van der Waals surface area contributed by atoms with E-state index >= 15 is 0 Å². The van der Waals surface area contributed by atoms with Gasteiger partial charge in [-0.3, -0.25) is 4.90 Å². The van der Waals surface area contributed by atoms with E-state index in [0.29, 0.717) is 12.8 Å². The summed E-state index contributed by atoms with van der Waals surface area (Å²) >= 11 is 0. The molecule has 4 rings (SSSR count). The third-order valence-corrected chi connectivity index (χ3v) is 8.76. The highest BCUT2D eigenvalue weighted by molar-refractivity contribution is 7.90. The van der Waals surface area contributed by atoms with Crippen molar-refractivity contribution in [3.63, 3.8) is 0 Å². The summed E-state index contributed by atoms with van der Waals surface area (Å²) in [5.41, 5.74) is 2.85. The number of piperidine rings is 1. The molecule has 2 aromatic carbocycles. The van der Waals surface area contributed by atoms with E-state index in [2.05, 4.69) is 0 Å². The van der Waals surface area contributed by atoms with E-state index in [1.165, 1.54) is 28.6 Å². The molecule has 31 heavy (non-hydrogen) atoms. The van der Waals surface area contributed by atoms with Crippen LogP contribution in [0.25, 0.3) is 0 Å². The molecule has 1 amide bonds. The summed E-state index contributed by atoms with van der Waals surface area (Å²) in [5, 5.41) is 0. The lowest BCUT2D eigenvalue weighted by atomic mass is 10.0. The van der Waals surface area contributed by atoms with Gasteiger partial charge in [-0.2, -0.15) is 4.31 Å². The summed E-state index contributed by atoms with van der Waals surface area (Å²) in [6.45, 7) is 2.73. The van der Waals surface area contributed by atoms with Gasteiger partial charge in [-0.15, -0.1) is 0 Å². The molecule has 0 N–H and O–H groups in total. The Hall–Kier alpha value is -2.43. The Bertz CT molecular complexity index is 1220. The maximum atomic E-state index is 13.0. The third-order valence-electron chi connectivity index (χ3n) is 5.72. The lowest BCUT2D eigenvalue weighted by molar-refractivity contribution is 0.135. The minimum atomic E-state index is -3.75. The number of carbonyl (C=O) groups is 1. The standard InChI is InChI=1S/C21H24N2O6S2/c1-15-3-8-20-16(13-15)14-29-21(24)23(20)17-9-11-22(12-10-17)31(27,28)19-6-4-18(5-7-19)30(2,25)26/h3-8,13,17H,9-12,14H2,1-2H3. The van der Waals surface area contributed by atoms with Crippen molar-refractivity contribution in [3.8, 4) is 0 Å². The van der Waals surface area contributed by atoms with Crippen molar-refractivity contribution in [2.75, 3.05) is 24.2 Å². The van der Waals surface area contributed by atoms with Gasteiger partial charge < -0.3 is 4.74 Å². The molecule has 0 unspecified atom stereocenters. The molecular weight excluding hydrogens is 440 g/mol. The number of ether oxygens (including phenoxy) is 1. The van der Waals surface area contributed by atoms with E-state index in [1.807, 2.05) is 25.1 Å². The van der Waals surface area contributed by atoms with Crippen molar-refractivity contribution >= 4 is 31.6 Å². The van der Waals surface area contributed by atoms with Crippen LogP contribution in [0.1, 0.15) is 24.0 Å². The van der Waals surface area contributed by atoms with Crippen LogP contribution < -0.4 is 4.90 Å². The first-order valence-corrected chi connectivity index (χ1v) is 13.3. The lowest BCUT2D eigenvalue weighted by Gasteiger charge is -2.39. The smallest absolute Gasteiger partial charge is 0.414 e. The van der Waals surface area contributed by atoms with Crippen LogP contribution in [0.3, 0.4) is 0 Å². The molecule has 166 valence electrons. The number of fused-ring (bicyclic) bond motifs is 1. The van der Waals surface area contributed by atoms with Crippen LogP contribution in [0, 0.1) is 6.92 Å². The van der Waals surface area contributed by atoms with Gasteiger partial charge in [0.1, 0.15) is 6.61 Å². The van der Waals surface area contributed by atoms with Crippen molar-refractivity contribution < 1.29 is 26.4 Å². The summed E-state index contributed by atoms with van der Waals surface area (Å²) in [4.78, 5) is 14.2. The van der Waals surface area contributed by atoms with Gasteiger partial charge in [0.05, 0.1) is 15.5 Å². The minimum absolute atomic E-state index is 0.0524. The van der Waals surface area contributed by atoms with Crippen molar-refractivity contribution in [2.45, 2.75) is 42.2 Å². The normalized spacial score (nSPS) is 18.5. The van der Waals surface area contributed by atoms with E-state index in [4.69, 9.17) is 4.74 Å². The van der Waals surface area contributed by atoms with E-state index in [0.717, 1.165) is 23.1 Å². The SMILES string of the molecule is Cc1ccc2c(c1)COC(=O)N2C1CCN(S(=O)(=O)c2ccc(S(C)(=O)=O)cc2)CC1. The maximum absolute atomic E-state index is 13.0. The number of aryl methyl sites for hydroxylation is 1. The van der Waals surface area contributed by atoms with Crippen LogP contribution in [0.5, 0.6) is 0 Å². The first-order chi connectivity index (χ1) is 14.6. The highest BCUT2D eigenvalue weighted by Gasteiger charge is 2.37. The second-order valence-electron chi connectivity index (χ2n) is 7.94. The van der Waals surface area contributed by atoms with Crippen LogP contribution in [0.2, 0.25) is 0 Å². The Morgan fingerprint density at radius 3 is 2.16 bits per heavy atom. The van der Waals surface area contributed by atoms with Crippen LogP contribution in [-0.2, 0) is 31.2 Å². The molecule has 1 fully saturated rings. The minimum Gasteiger partial charge on any atom is -0.444 e. The summed E-state index contributed by atoms with van der Waals surface area (Å²) < 4.78 is 55.9. The van der Waals surface area contributed by atoms with Gasteiger partial charge in [-0.1, -0.05) is 17.7 Å². The molecule has 2 aliphatic rings. The highest BCUT2D eigenvalue weighted by Crippen LogP contribution is 2.33. The number of benzene rings is 2. The van der Waals surface area contributed by atoms with Crippen molar-refractivity contribution in [2.24, 2.45) is 0 Å². The molecule has 0 bridgehead atoms. The van der Waals surface area contributed by atoms with Gasteiger partial charge in [-0.05, 0) is 50.1 Å². The average Bonchev–Trinajstić information content (AvgIpc) is 2.73. The molecular formula is C21H24N2O6S2. The van der Waals surface area contributed by atoms with Crippen molar-refractivity contribution in [1.29, 1.82) is 0 Å². The molecule has 0 saturated carbocycles. The topological polar surface area (TPSA) is 101 Å². The second kappa shape index (κ2) is 7.92. The third kappa shape index (κ3) is 4.19. The number of sulfone groups is 1. The quantitative estimate of drug-likeness (QED) is 0.690. The summed E-state index contributed by atoms with van der Waals surface area (Å²) in [7, 11) is -7.15. The number of hydrogen-bond acceptors (Lipinski definition) is 6. The fraction of sp³-hybridized carbons (Fsp3) is 0.381. The number of nitrogens with zero attached hydrogens (tertiary/aromatic N) is 2. The second-order valence-corrected chi connectivity index (χ2v) is 11.9. The molecule has 0 aromatic heterocycles. The van der Waals surface area contributed by atoms with Gasteiger partial charge >= 0.3 is 6.09 Å². The van der Waals surface area contributed by atoms with Crippen molar-refractivity contribution in [3.05, 3.63) is 53.6 Å². The van der Waals surface area contributed by atoms with Gasteiger partial charge in [0.2, 0.25) is 10.0 Å². The van der Waals surface area contributed by atoms with E-state index in [9.17, 15) is 21.6 Å². The monoisotopic (exact) mass is 464 g/mol. The maximum Gasteiger partial charge on any atom is 0.414 e. The molecule has 1 saturated heterocycles. The van der Waals surface area contributed by atoms with Gasteiger partial charge in [-0.25, -0.2) is 21.6 Å². The Kier molecular flexibility index (Phi) is 5.57. The molecule has 2 aliphatic heterocycles. The fourth-order valence-electron chi connectivity index (χ4n) is 4.07. The number of anilines is 1. The van der Waals surface area contributed by atoms with E-state index < -0.39 is 26.0 Å². The lowest BCUT2D eigenvalue weighted by Crippen LogP contribution is -2.50. The molecule has 2 aromatic rings. The average molecular weight is 465 g/mol. The highest BCUT2D eigenvalue weighted by atomic mass is 32.2. The van der Waals surface area contributed by atoms with Crippen LogP contribution in [-0.4, -0.2) is 52.6 Å². The molecule has 0 radical (unpaired) electrons. The number of carbonyl (C=O) groups excluding carboxylic acids is 1. The first-order valence-electron chi connectivity index (χ1n) is 9.93. The number of hydrogen-bond donors (Lipinski definition) is 0. The molecule has 2 heterocycles. The molecule has 0 aliphatic carbocycles. The molecule has 8 nitrogen and oxygen atoms in total. The van der Waals surface area contributed by atoms with E-state index in [-0.39, 0.29) is 35.5 Å². The van der Waals surface area contributed by atoms with Gasteiger partial charge in [0, 0.05) is 31.0 Å². The number of amides is 1. The summed E-state index contributed by atoms with van der Waals surface area (Å²) in [6.07, 6.45) is 1.62. The Balaban J connectivity index is 1.50. The number of cyclic esters (lactones) is 1. The van der Waals surface area contributed by atoms with E-state index in [1.54, 1.807) is 4.90 Å². The largest absolute Gasteiger partial charge is 0.444 e. The molecule has 0 atom stereocenters. The first kappa shape index (κ1) is 21.8. The van der Waals surface area contributed by atoms with Gasteiger partial charge in [0.25, 0.3) is 0 Å². The van der Waals surface area contributed by atoms with Crippen molar-refractivity contribution in [1.82, 2.24) is 4.31 Å². The van der Waals surface area contributed by atoms with Crippen LogP contribution >= 0.6 is 0 Å². The number of rotatable bonds is 4. The summed E-state index contributed by atoms with van der Waals surface area (Å²) in [6, 6.07) is 10.9. The Labute approximate surface area is 182 Å². The van der Waals surface area contributed by atoms with Crippen LogP contribution in [0.15, 0.2) is 52.3 Å². The predicted molar refractivity (Wildman–Crippen MR) is 115 cm³/mol. The molecule has 0 spiro atoms. The zero-order chi connectivity index (χ0) is 22.4. The zero-order valence-electron chi connectivity index (χ0n) is 17.3. The zero-order valence-corrected chi connectivity index (χ0v) is 18.9. The number of sulfonamides is 1. The Morgan fingerprint density at radius 2 is 1.55 bits per heavy atom.